The molecular formula is C50H100N8O8. The van der Waals surface area contributed by atoms with E-state index >= 15 is 0 Å². The highest BCUT2D eigenvalue weighted by Crippen LogP contribution is 2.12. The minimum Gasteiger partial charge on any atom is -0.444 e. The van der Waals surface area contributed by atoms with E-state index in [0.29, 0.717) is 26.2 Å². The molecular weight excluding hydrogens is 841 g/mol. The Morgan fingerprint density at radius 2 is 0.515 bits per heavy atom. The molecule has 16 nitrogen and oxygen atoms in total. The molecule has 0 saturated carbocycles. The molecule has 1 fully saturated rings. The minimum atomic E-state index is -0.504. The van der Waals surface area contributed by atoms with Crippen molar-refractivity contribution in [2.75, 3.05) is 105 Å². The number of ether oxygens (including phenoxy) is 4. The molecule has 0 aromatic carbocycles. The van der Waals surface area contributed by atoms with Crippen molar-refractivity contribution in [3.63, 3.8) is 0 Å². The lowest BCUT2D eigenvalue weighted by Gasteiger charge is -2.32. The van der Waals surface area contributed by atoms with Gasteiger partial charge >= 0.3 is 24.4 Å². The van der Waals surface area contributed by atoms with Crippen LogP contribution in [0.15, 0.2) is 0 Å². The SMILES string of the molecule is CC(C)(C)OC(=O)NCCCCCN1CCCN(CCCCCNC(=O)OC(C)(C)C)CCN(CCCCCNC(=O)OC(C)(C)C)CCCN(CCCCCNC(=O)OC(C)(C)C)CC1. The zero-order valence-corrected chi connectivity index (χ0v) is 44.3. The molecule has 0 spiro atoms. The third-order valence-electron chi connectivity index (χ3n) is 10.6. The second-order valence-electron chi connectivity index (χ2n) is 22.0. The van der Waals surface area contributed by atoms with E-state index in [1.54, 1.807) is 0 Å². The molecule has 66 heavy (non-hydrogen) atoms. The zero-order valence-electron chi connectivity index (χ0n) is 44.3. The molecule has 4 amide bonds. The molecule has 0 aromatic rings. The fourth-order valence-corrected chi connectivity index (χ4v) is 7.51. The first kappa shape index (κ1) is 60.9. The molecule has 1 saturated heterocycles. The first-order chi connectivity index (χ1) is 30.9. The summed E-state index contributed by atoms with van der Waals surface area (Å²) in [6, 6.07) is 0. The number of amides is 4. The number of hydrogen-bond acceptors (Lipinski definition) is 12. The fraction of sp³-hybridized carbons (Fsp3) is 0.920. The average molecular weight is 941 g/mol. The van der Waals surface area contributed by atoms with Crippen molar-refractivity contribution < 1.29 is 38.1 Å². The average Bonchev–Trinajstić information content (AvgIpc) is 3.16. The van der Waals surface area contributed by atoms with Gasteiger partial charge < -0.3 is 59.8 Å². The smallest absolute Gasteiger partial charge is 0.407 e. The van der Waals surface area contributed by atoms with Gasteiger partial charge in [-0.05, 0) is 200 Å². The van der Waals surface area contributed by atoms with Gasteiger partial charge in [0.15, 0.2) is 0 Å². The summed E-state index contributed by atoms with van der Waals surface area (Å²) < 4.78 is 21.6. The van der Waals surface area contributed by atoms with E-state index in [1.165, 1.54) is 0 Å². The largest absolute Gasteiger partial charge is 0.444 e. The van der Waals surface area contributed by atoms with Crippen molar-refractivity contribution in [2.24, 2.45) is 0 Å². The highest BCUT2D eigenvalue weighted by Gasteiger charge is 2.20. The number of hydrogen-bond donors (Lipinski definition) is 4. The number of carbonyl (C=O) groups excluding carboxylic acids is 4. The van der Waals surface area contributed by atoms with Gasteiger partial charge in [-0.1, -0.05) is 25.7 Å². The molecule has 1 aliphatic heterocycles. The van der Waals surface area contributed by atoms with Crippen LogP contribution in [0.1, 0.15) is 173 Å². The van der Waals surface area contributed by atoms with Gasteiger partial charge in [-0.3, -0.25) is 0 Å². The highest BCUT2D eigenvalue weighted by atomic mass is 16.6. The topological polar surface area (TPSA) is 166 Å². The number of unbranched alkanes of at least 4 members (excludes halogenated alkanes) is 8. The summed E-state index contributed by atoms with van der Waals surface area (Å²) in [5, 5.41) is 11.6. The number of nitrogens with zero attached hydrogens (tertiary/aromatic N) is 4. The van der Waals surface area contributed by atoms with Crippen LogP contribution in [-0.4, -0.2) is 171 Å². The van der Waals surface area contributed by atoms with E-state index in [1.807, 2.05) is 83.1 Å². The maximum absolute atomic E-state index is 12.1. The van der Waals surface area contributed by atoms with Crippen LogP contribution in [0.25, 0.3) is 0 Å². The Hall–Kier alpha value is -3.08. The predicted octanol–water partition coefficient (Wildman–Crippen LogP) is 8.77. The Morgan fingerprint density at radius 1 is 0.318 bits per heavy atom. The molecule has 0 bridgehead atoms. The summed E-state index contributed by atoms with van der Waals surface area (Å²) in [6.07, 6.45) is 12.9. The summed E-state index contributed by atoms with van der Waals surface area (Å²) in [7, 11) is 0. The lowest BCUT2D eigenvalue weighted by atomic mass is 10.2. The normalized spacial score (nSPS) is 16.2. The molecule has 0 aromatic heterocycles. The standard InChI is InChI=1S/C50H100N8O8/c1-47(2,3)63-43(59)51-27-17-13-21-31-55-35-25-36-57(33-23-15-19-29-53-45(61)65-49(7,8)9)41-42-58(34-24-16-20-30-54-46(62)66-50(10,11)12)38-26-37-56(40-39-55)32-22-14-18-28-52-44(60)64-48(4,5)6/h13-42H2,1-12H3,(H,51,59)(H,52,60)(H,53,61)(H,54,62). The Morgan fingerprint density at radius 3 is 0.697 bits per heavy atom. The van der Waals surface area contributed by atoms with Gasteiger partial charge in [-0.25, -0.2) is 19.2 Å². The third-order valence-corrected chi connectivity index (χ3v) is 10.6. The van der Waals surface area contributed by atoms with Crippen LogP contribution in [0.3, 0.4) is 0 Å². The van der Waals surface area contributed by atoms with E-state index in [9.17, 15) is 19.2 Å². The third kappa shape index (κ3) is 39.0. The predicted molar refractivity (Wildman–Crippen MR) is 267 cm³/mol. The lowest BCUT2D eigenvalue weighted by molar-refractivity contribution is 0.0515. The molecule has 1 rings (SSSR count). The van der Waals surface area contributed by atoms with Crippen molar-refractivity contribution in [1.82, 2.24) is 40.9 Å². The molecule has 0 radical (unpaired) electrons. The monoisotopic (exact) mass is 941 g/mol. The van der Waals surface area contributed by atoms with Gasteiger partial charge in [0.25, 0.3) is 0 Å². The van der Waals surface area contributed by atoms with E-state index in [4.69, 9.17) is 18.9 Å². The molecule has 388 valence electrons. The second-order valence-corrected chi connectivity index (χ2v) is 22.0. The van der Waals surface area contributed by atoms with Gasteiger partial charge in [-0.2, -0.15) is 0 Å². The maximum atomic E-state index is 12.1. The number of alkyl carbamates (subject to hydrolysis) is 4. The second kappa shape index (κ2) is 33.4. The molecule has 0 aliphatic carbocycles. The van der Waals surface area contributed by atoms with Crippen LogP contribution < -0.4 is 21.3 Å². The van der Waals surface area contributed by atoms with Gasteiger partial charge in [0.1, 0.15) is 22.4 Å². The molecule has 4 N–H and O–H groups in total. The fourth-order valence-electron chi connectivity index (χ4n) is 7.51. The zero-order chi connectivity index (χ0) is 49.5. The van der Waals surface area contributed by atoms with Crippen LogP contribution >= 0.6 is 0 Å². The van der Waals surface area contributed by atoms with E-state index in [0.717, 1.165) is 168 Å². The minimum absolute atomic E-state index is 0.355. The number of nitrogens with one attached hydrogen (secondary N) is 4. The molecule has 1 aliphatic rings. The van der Waals surface area contributed by atoms with Crippen LogP contribution in [-0.2, 0) is 18.9 Å². The van der Waals surface area contributed by atoms with Gasteiger partial charge in [0.2, 0.25) is 0 Å². The van der Waals surface area contributed by atoms with Crippen molar-refractivity contribution >= 4 is 24.4 Å². The van der Waals surface area contributed by atoms with Gasteiger partial charge in [-0.15, -0.1) is 0 Å². The first-order valence-corrected chi connectivity index (χ1v) is 25.7. The van der Waals surface area contributed by atoms with Crippen molar-refractivity contribution in [2.45, 2.75) is 195 Å². The van der Waals surface area contributed by atoms with Crippen molar-refractivity contribution in [3.8, 4) is 0 Å². The van der Waals surface area contributed by atoms with Crippen molar-refractivity contribution in [3.05, 3.63) is 0 Å². The van der Waals surface area contributed by atoms with Crippen molar-refractivity contribution in [1.29, 1.82) is 0 Å². The molecule has 16 heteroatoms. The van der Waals surface area contributed by atoms with E-state index < -0.39 is 22.4 Å². The number of carbonyl (C=O) groups is 4. The first-order valence-electron chi connectivity index (χ1n) is 25.7. The van der Waals surface area contributed by atoms with Gasteiger partial charge in [0.05, 0.1) is 0 Å². The lowest BCUT2D eigenvalue weighted by Crippen LogP contribution is -2.42. The van der Waals surface area contributed by atoms with Crippen LogP contribution in [0, 0.1) is 0 Å². The summed E-state index contributed by atoms with van der Waals surface area (Å²) in [6.45, 7) is 37.4. The van der Waals surface area contributed by atoms with Crippen LogP contribution in [0.2, 0.25) is 0 Å². The Bertz CT molecular complexity index is 1120. The van der Waals surface area contributed by atoms with E-state index in [2.05, 4.69) is 40.9 Å². The summed E-state index contributed by atoms with van der Waals surface area (Å²) >= 11 is 0. The highest BCUT2D eigenvalue weighted by molar-refractivity contribution is 5.68. The summed E-state index contributed by atoms with van der Waals surface area (Å²) in [5.41, 5.74) is -2.01. The van der Waals surface area contributed by atoms with Crippen LogP contribution in [0.4, 0.5) is 19.2 Å². The van der Waals surface area contributed by atoms with E-state index in [-0.39, 0.29) is 24.4 Å². The summed E-state index contributed by atoms with van der Waals surface area (Å²) in [5.74, 6) is 0. The maximum Gasteiger partial charge on any atom is 0.407 e. The quantitative estimate of drug-likeness (QED) is 0.0538. The Labute approximate surface area is 402 Å². The molecule has 0 atom stereocenters. The Kier molecular flexibility index (Phi) is 30.9. The molecule has 1 heterocycles. The molecule has 0 unspecified atom stereocenters. The Balaban J connectivity index is 2.95. The summed E-state index contributed by atoms with van der Waals surface area (Å²) in [4.78, 5) is 59.2. The van der Waals surface area contributed by atoms with Crippen LogP contribution in [0.5, 0.6) is 0 Å². The van der Waals surface area contributed by atoms with Gasteiger partial charge in [0, 0.05) is 52.4 Å². The number of rotatable bonds is 24.